The van der Waals surface area contributed by atoms with Crippen molar-refractivity contribution in [2.24, 2.45) is 5.73 Å². The molecule has 1 aromatic rings. The molecule has 0 aliphatic carbocycles. The zero-order valence-electron chi connectivity index (χ0n) is 8.32. The largest absolute Gasteiger partial charge is 0.497 e. The first-order chi connectivity index (χ1) is 6.85. The van der Waals surface area contributed by atoms with Crippen molar-refractivity contribution >= 4 is 11.8 Å². The van der Waals surface area contributed by atoms with E-state index < -0.39 is 0 Å². The van der Waals surface area contributed by atoms with E-state index >= 15 is 0 Å². The third-order valence-electron chi connectivity index (χ3n) is 2.67. The van der Waals surface area contributed by atoms with Gasteiger partial charge in [0.2, 0.25) is 0 Å². The summed E-state index contributed by atoms with van der Waals surface area (Å²) in [5, 5.41) is 0. The maximum Gasteiger partial charge on any atom is 0.119 e. The van der Waals surface area contributed by atoms with Gasteiger partial charge in [-0.05, 0) is 48.4 Å². The van der Waals surface area contributed by atoms with Crippen LogP contribution in [0.15, 0.2) is 23.1 Å². The van der Waals surface area contributed by atoms with E-state index in [1.54, 1.807) is 7.11 Å². The van der Waals surface area contributed by atoms with Crippen LogP contribution in [0.25, 0.3) is 0 Å². The number of fused-ring (bicyclic) bond motifs is 1. The van der Waals surface area contributed by atoms with Crippen LogP contribution < -0.4 is 10.5 Å². The van der Waals surface area contributed by atoms with Gasteiger partial charge in [0.1, 0.15) is 5.75 Å². The van der Waals surface area contributed by atoms with Crippen molar-refractivity contribution in [3.8, 4) is 5.75 Å². The van der Waals surface area contributed by atoms with Crippen LogP contribution >= 0.6 is 11.8 Å². The molecular weight excluding hydrogens is 194 g/mol. The molecule has 3 heteroatoms. The zero-order chi connectivity index (χ0) is 9.97. The second-order valence-electron chi connectivity index (χ2n) is 3.47. The lowest BCUT2D eigenvalue weighted by atomic mass is 9.96. The normalized spacial score (nSPS) is 20.3. The molecule has 0 saturated carbocycles. The van der Waals surface area contributed by atoms with Gasteiger partial charge in [0.15, 0.2) is 0 Å². The molecule has 2 nitrogen and oxygen atoms in total. The highest BCUT2D eigenvalue weighted by molar-refractivity contribution is 7.99. The van der Waals surface area contributed by atoms with E-state index in [1.807, 2.05) is 17.8 Å². The fraction of sp³-hybridized carbons (Fsp3) is 0.455. The quantitative estimate of drug-likeness (QED) is 0.811. The van der Waals surface area contributed by atoms with Crippen molar-refractivity contribution in [1.82, 2.24) is 0 Å². The Morgan fingerprint density at radius 2 is 2.43 bits per heavy atom. The lowest BCUT2D eigenvalue weighted by Crippen LogP contribution is -2.17. The van der Waals surface area contributed by atoms with Gasteiger partial charge in [-0.1, -0.05) is 0 Å². The van der Waals surface area contributed by atoms with Crippen LogP contribution in [0.5, 0.6) is 5.75 Å². The monoisotopic (exact) mass is 209 g/mol. The Morgan fingerprint density at radius 3 is 3.14 bits per heavy atom. The van der Waals surface area contributed by atoms with E-state index in [2.05, 4.69) is 12.1 Å². The molecule has 0 aromatic heterocycles. The van der Waals surface area contributed by atoms with E-state index in [0.29, 0.717) is 5.92 Å². The van der Waals surface area contributed by atoms with E-state index in [4.69, 9.17) is 10.5 Å². The summed E-state index contributed by atoms with van der Waals surface area (Å²) in [6, 6.07) is 6.28. The van der Waals surface area contributed by atoms with Gasteiger partial charge < -0.3 is 10.5 Å². The second-order valence-corrected chi connectivity index (χ2v) is 4.61. The molecule has 1 aromatic carbocycles. The average Bonchev–Trinajstić information content (AvgIpc) is 2.27. The molecule has 1 heterocycles. The highest BCUT2D eigenvalue weighted by Crippen LogP contribution is 2.38. The summed E-state index contributed by atoms with van der Waals surface area (Å²) in [6.45, 7) is 0.737. The summed E-state index contributed by atoms with van der Waals surface area (Å²) in [5.41, 5.74) is 7.12. The number of ether oxygens (including phenoxy) is 1. The van der Waals surface area contributed by atoms with Crippen LogP contribution in [0.2, 0.25) is 0 Å². The molecule has 1 atom stereocenters. The van der Waals surface area contributed by atoms with E-state index in [1.165, 1.54) is 22.6 Å². The molecule has 2 rings (SSSR count). The minimum absolute atomic E-state index is 0.515. The first-order valence-electron chi connectivity index (χ1n) is 4.86. The molecular formula is C11H15NOS. The zero-order valence-corrected chi connectivity index (χ0v) is 9.14. The lowest BCUT2D eigenvalue weighted by Gasteiger charge is -2.24. The molecule has 2 N–H and O–H groups in total. The minimum atomic E-state index is 0.515. The summed E-state index contributed by atoms with van der Waals surface area (Å²) in [7, 11) is 1.70. The van der Waals surface area contributed by atoms with Gasteiger partial charge in [-0.25, -0.2) is 0 Å². The van der Waals surface area contributed by atoms with E-state index in [9.17, 15) is 0 Å². The molecule has 1 aliphatic rings. The first-order valence-corrected chi connectivity index (χ1v) is 5.84. The van der Waals surface area contributed by atoms with Crippen LogP contribution in [0, 0.1) is 0 Å². The van der Waals surface area contributed by atoms with Gasteiger partial charge in [0.25, 0.3) is 0 Å². The molecule has 1 unspecified atom stereocenters. The number of methoxy groups -OCH3 is 1. The standard InChI is InChI=1S/C11H15NOS/c1-13-9-2-3-11-10(6-9)8(7-12)4-5-14-11/h2-3,6,8H,4-5,7,12H2,1H3. The summed E-state index contributed by atoms with van der Waals surface area (Å²) >= 11 is 1.92. The first kappa shape index (κ1) is 9.87. The number of benzene rings is 1. The molecule has 0 fully saturated rings. The summed E-state index contributed by atoms with van der Waals surface area (Å²) in [5.74, 6) is 2.63. The highest BCUT2D eigenvalue weighted by atomic mass is 32.2. The van der Waals surface area contributed by atoms with Crippen molar-refractivity contribution in [3.63, 3.8) is 0 Å². The number of hydrogen-bond acceptors (Lipinski definition) is 3. The SMILES string of the molecule is COc1ccc2c(c1)C(CN)CCS2. The molecule has 14 heavy (non-hydrogen) atoms. The Hall–Kier alpha value is -0.670. The predicted octanol–water partition coefficient (Wildman–Crippen LogP) is 2.23. The van der Waals surface area contributed by atoms with Crippen LogP contribution in [0.3, 0.4) is 0 Å². The molecule has 76 valence electrons. The third-order valence-corrected chi connectivity index (χ3v) is 3.79. The van der Waals surface area contributed by atoms with Gasteiger partial charge in [-0.15, -0.1) is 11.8 Å². The van der Waals surface area contributed by atoms with Crippen LogP contribution in [-0.4, -0.2) is 19.4 Å². The van der Waals surface area contributed by atoms with Crippen LogP contribution in [0.4, 0.5) is 0 Å². The number of thioether (sulfide) groups is 1. The van der Waals surface area contributed by atoms with Gasteiger partial charge in [-0.3, -0.25) is 0 Å². The smallest absolute Gasteiger partial charge is 0.119 e. The fourth-order valence-corrected chi connectivity index (χ4v) is 2.99. The van der Waals surface area contributed by atoms with Crippen molar-refractivity contribution in [3.05, 3.63) is 23.8 Å². The van der Waals surface area contributed by atoms with Gasteiger partial charge in [0, 0.05) is 4.90 Å². The van der Waals surface area contributed by atoms with Crippen molar-refractivity contribution in [2.75, 3.05) is 19.4 Å². The Bertz CT molecular complexity index is 327. The highest BCUT2D eigenvalue weighted by Gasteiger charge is 2.19. The van der Waals surface area contributed by atoms with Crippen LogP contribution in [0.1, 0.15) is 17.9 Å². The molecule has 0 radical (unpaired) electrons. The number of nitrogens with two attached hydrogens (primary N) is 1. The Balaban J connectivity index is 2.38. The Morgan fingerprint density at radius 1 is 1.57 bits per heavy atom. The Kier molecular flexibility index (Phi) is 2.99. The van der Waals surface area contributed by atoms with Gasteiger partial charge in [-0.2, -0.15) is 0 Å². The molecule has 0 bridgehead atoms. The molecule has 0 spiro atoms. The predicted molar refractivity (Wildman–Crippen MR) is 60.1 cm³/mol. The molecule has 0 saturated heterocycles. The number of rotatable bonds is 2. The summed E-state index contributed by atoms with van der Waals surface area (Å²) in [4.78, 5) is 1.37. The molecule has 0 amide bonds. The molecule has 1 aliphatic heterocycles. The lowest BCUT2D eigenvalue weighted by molar-refractivity contribution is 0.413. The topological polar surface area (TPSA) is 35.2 Å². The van der Waals surface area contributed by atoms with Crippen molar-refractivity contribution in [1.29, 1.82) is 0 Å². The van der Waals surface area contributed by atoms with E-state index in [0.717, 1.165) is 12.3 Å². The van der Waals surface area contributed by atoms with Gasteiger partial charge in [0.05, 0.1) is 7.11 Å². The summed E-state index contributed by atoms with van der Waals surface area (Å²) < 4.78 is 5.22. The fourth-order valence-electron chi connectivity index (χ4n) is 1.82. The van der Waals surface area contributed by atoms with Crippen molar-refractivity contribution < 1.29 is 4.74 Å². The minimum Gasteiger partial charge on any atom is -0.497 e. The average molecular weight is 209 g/mol. The Labute approximate surface area is 88.8 Å². The number of hydrogen-bond donors (Lipinski definition) is 1. The maximum absolute atomic E-state index is 5.76. The van der Waals surface area contributed by atoms with Gasteiger partial charge >= 0.3 is 0 Å². The summed E-state index contributed by atoms with van der Waals surface area (Å²) in [6.07, 6.45) is 1.18. The second kappa shape index (κ2) is 4.24. The van der Waals surface area contributed by atoms with Crippen LogP contribution in [-0.2, 0) is 0 Å². The van der Waals surface area contributed by atoms with Crippen molar-refractivity contribution in [2.45, 2.75) is 17.2 Å². The maximum atomic E-state index is 5.76. The van der Waals surface area contributed by atoms with E-state index in [-0.39, 0.29) is 0 Å². The third kappa shape index (κ3) is 1.74.